The van der Waals surface area contributed by atoms with Gasteiger partial charge in [-0.2, -0.15) is 0 Å². The second kappa shape index (κ2) is 5.73. The minimum atomic E-state index is -0.293. The average Bonchev–Trinajstić information content (AvgIpc) is 2.39. The highest BCUT2D eigenvalue weighted by molar-refractivity contribution is 6.02. The van der Waals surface area contributed by atoms with E-state index < -0.39 is 0 Å². The Balaban J connectivity index is 2.04. The van der Waals surface area contributed by atoms with Gasteiger partial charge in [-0.1, -0.05) is 18.2 Å². The third kappa shape index (κ3) is 3.61. The Bertz CT molecular complexity index is 606. The number of anilines is 1. The number of carbonyl (C=O) groups is 1. The zero-order valence-corrected chi connectivity index (χ0v) is 10.1. The Morgan fingerprint density at radius 3 is 2.47 bits per heavy atom. The molecule has 0 bridgehead atoms. The molecule has 0 saturated heterocycles. The fourth-order valence-electron chi connectivity index (χ4n) is 1.54. The number of nitrogens with one attached hydrogen (secondary N) is 1. The van der Waals surface area contributed by atoms with Crippen LogP contribution in [0.15, 0.2) is 54.6 Å². The first-order valence-electron chi connectivity index (χ1n) is 5.71. The van der Waals surface area contributed by atoms with Gasteiger partial charge in [-0.25, -0.2) is 0 Å². The maximum atomic E-state index is 11.6. The van der Waals surface area contributed by atoms with Crippen LogP contribution in [-0.4, -0.2) is 16.1 Å². The normalized spacial score (nSPS) is 10.5. The molecule has 4 nitrogen and oxygen atoms in total. The number of carbonyl (C=O) groups excluding carboxylic acids is 1. The number of para-hydroxylation sites is 1. The summed E-state index contributed by atoms with van der Waals surface area (Å²) in [6.07, 6.45) is 2.80. The van der Waals surface area contributed by atoms with Crippen molar-refractivity contribution in [3.8, 4) is 11.5 Å². The maximum Gasteiger partial charge on any atom is 0.248 e. The van der Waals surface area contributed by atoms with Crippen LogP contribution in [0.5, 0.6) is 11.5 Å². The van der Waals surface area contributed by atoms with Crippen LogP contribution in [0.1, 0.15) is 5.56 Å². The number of benzene rings is 2. The van der Waals surface area contributed by atoms with Gasteiger partial charge in [-0.15, -0.1) is 0 Å². The molecule has 2 aromatic carbocycles. The van der Waals surface area contributed by atoms with Crippen molar-refractivity contribution in [1.82, 2.24) is 0 Å². The van der Waals surface area contributed by atoms with Crippen LogP contribution in [0, 0.1) is 0 Å². The minimum absolute atomic E-state index is 0.0246. The van der Waals surface area contributed by atoms with E-state index in [0.29, 0.717) is 11.3 Å². The molecule has 2 rings (SSSR count). The van der Waals surface area contributed by atoms with Crippen molar-refractivity contribution in [3.63, 3.8) is 0 Å². The predicted octanol–water partition coefficient (Wildman–Crippen LogP) is 2.75. The van der Waals surface area contributed by atoms with E-state index in [9.17, 15) is 9.90 Å². The van der Waals surface area contributed by atoms with Crippen molar-refractivity contribution >= 4 is 17.7 Å². The molecular formula is C15H13NO3. The van der Waals surface area contributed by atoms with Gasteiger partial charge in [-0.05, 0) is 30.3 Å². The summed E-state index contributed by atoms with van der Waals surface area (Å²) in [5.41, 5.74) is 1.16. The van der Waals surface area contributed by atoms with Crippen LogP contribution in [0.25, 0.3) is 6.08 Å². The molecule has 3 N–H and O–H groups in total. The van der Waals surface area contributed by atoms with Gasteiger partial charge in [-0.3, -0.25) is 4.79 Å². The third-order valence-electron chi connectivity index (χ3n) is 2.47. The number of hydrogen-bond acceptors (Lipinski definition) is 3. The molecular weight excluding hydrogens is 242 g/mol. The first kappa shape index (κ1) is 12.7. The first-order valence-corrected chi connectivity index (χ1v) is 5.71. The number of phenols is 2. The van der Waals surface area contributed by atoms with Crippen LogP contribution in [0.3, 0.4) is 0 Å². The van der Waals surface area contributed by atoms with Gasteiger partial charge in [0.1, 0.15) is 11.5 Å². The van der Waals surface area contributed by atoms with Crippen molar-refractivity contribution in [2.24, 2.45) is 0 Å². The van der Waals surface area contributed by atoms with Crippen LogP contribution < -0.4 is 5.32 Å². The first-order chi connectivity index (χ1) is 9.15. The third-order valence-corrected chi connectivity index (χ3v) is 2.47. The Labute approximate surface area is 110 Å². The molecule has 0 unspecified atom stereocenters. The number of amides is 1. The lowest BCUT2D eigenvalue weighted by molar-refractivity contribution is -0.111. The van der Waals surface area contributed by atoms with E-state index in [1.54, 1.807) is 12.1 Å². The summed E-state index contributed by atoms with van der Waals surface area (Å²) in [6.45, 7) is 0. The standard InChI is InChI=1S/C15H13NO3/c17-13-8-6-11(14(18)10-13)7-9-15(19)16-12-4-2-1-3-5-12/h1-10,17-18H,(H,16,19)/b9-7+. The molecule has 0 heterocycles. The van der Waals surface area contributed by atoms with Gasteiger partial charge in [0, 0.05) is 23.4 Å². The van der Waals surface area contributed by atoms with Crippen molar-refractivity contribution in [3.05, 3.63) is 60.2 Å². The molecule has 19 heavy (non-hydrogen) atoms. The second-order valence-electron chi connectivity index (χ2n) is 3.93. The summed E-state index contributed by atoms with van der Waals surface area (Å²) in [5.74, 6) is -0.397. The van der Waals surface area contributed by atoms with Crippen molar-refractivity contribution in [2.45, 2.75) is 0 Å². The maximum absolute atomic E-state index is 11.6. The molecule has 0 aromatic heterocycles. The monoisotopic (exact) mass is 255 g/mol. The van der Waals surface area contributed by atoms with Crippen LogP contribution in [0.2, 0.25) is 0 Å². The molecule has 0 radical (unpaired) electrons. The molecule has 1 amide bonds. The van der Waals surface area contributed by atoms with Gasteiger partial charge >= 0.3 is 0 Å². The lowest BCUT2D eigenvalue weighted by atomic mass is 10.2. The summed E-state index contributed by atoms with van der Waals surface area (Å²) < 4.78 is 0. The minimum Gasteiger partial charge on any atom is -0.508 e. The Kier molecular flexibility index (Phi) is 3.83. The Hall–Kier alpha value is -2.75. The number of phenolic OH excluding ortho intramolecular Hbond substituents is 2. The van der Waals surface area contributed by atoms with Gasteiger partial charge in [0.25, 0.3) is 0 Å². The fourth-order valence-corrected chi connectivity index (χ4v) is 1.54. The summed E-state index contributed by atoms with van der Waals surface area (Å²) in [6, 6.07) is 13.3. The Morgan fingerprint density at radius 1 is 1.05 bits per heavy atom. The van der Waals surface area contributed by atoms with E-state index in [2.05, 4.69) is 5.32 Å². The van der Waals surface area contributed by atoms with E-state index in [1.807, 2.05) is 18.2 Å². The lowest BCUT2D eigenvalue weighted by Gasteiger charge is -2.01. The van der Waals surface area contributed by atoms with Gasteiger partial charge in [0.15, 0.2) is 0 Å². The van der Waals surface area contributed by atoms with Gasteiger partial charge in [0.05, 0.1) is 0 Å². The van der Waals surface area contributed by atoms with Crippen LogP contribution in [0.4, 0.5) is 5.69 Å². The van der Waals surface area contributed by atoms with E-state index in [4.69, 9.17) is 5.11 Å². The SMILES string of the molecule is O=C(/C=C/c1ccc(O)cc1O)Nc1ccccc1. The smallest absolute Gasteiger partial charge is 0.248 e. The quantitative estimate of drug-likeness (QED) is 0.738. The predicted molar refractivity (Wildman–Crippen MR) is 73.9 cm³/mol. The molecule has 4 heteroatoms. The highest BCUT2D eigenvalue weighted by atomic mass is 16.3. The molecule has 0 fully saturated rings. The zero-order valence-electron chi connectivity index (χ0n) is 10.1. The molecule has 0 spiro atoms. The molecule has 2 aromatic rings. The van der Waals surface area contributed by atoms with Crippen molar-refractivity contribution < 1.29 is 15.0 Å². The molecule has 0 aliphatic carbocycles. The van der Waals surface area contributed by atoms with Gasteiger partial charge < -0.3 is 15.5 Å². The highest BCUT2D eigenvalue weighted by Gasteiger charge is 2.00. The van der Waals surface area contributed by atoms with E-state index in [-0.39, 0.29) is 17.4 Å². The highest BCUT2D eigenvalue weighted by Crippen LogP contribution is 2.23. The van der Waals surface area contributed by atoms with Gasteiger partial charge in [0.2, 0.25) is 5.91 Å². The number of aromatic hydroxyl groups is 2. The molecule has 96 valence electrons. The molecule has 0 saturated carbocycles. The average molecular weight is 255 g/mol. The van der Waals surface area contributed by atoms with Crippen LogP contribution in [-0.2, 0) is 4.79 Å². The summed E-state index contributed by atoms with van der Waals surface area (Å²) >= 11 is 0. The van der Waals surface area contributed by atoms with E-state index >= 15 is 0 Å². The lowest BCUT2D eigenvalue weighted by Crippen LogP contribution is -2.07. The molecule has 0 atom stereocenters. The number of hydrogen-bond donors (Lipinski definition) is 3. The second-order valence-corrected chi connectivity index (χ2v) is 3.93. The zero-order chi connectivity index (χ0) is 13.7. The van der Waals surface area contributed by atoms with Crippen LogP contribution >= 0.6 is 0 Å². The molecule has 0 aliphatic heterocycles. The van der Waals surface area contributed by atoms with Crippen molar-refractivity contribution in [1.29, 1.82) is 0 Å². The summed E-state index contributed by atoms with van der Waals surface area (Å²) in [5, 5.41) is 21.4. The number of rotatable bonds is 3. The van der Waals surface area contributed by atoms with Crippen molar-refractivity contribution in [2.75, 3.05) is 5.32 Å². The molecule has 0 aliphatic rings. The van der Waals surface area contributed by atoms with E-state index in [1.165, 1.54) is 30.4 Å². The van der Waals surface area contributed by atoms with E-state index in [0.717, 1.165) is 0 Å². The largest absolute Gasteiger partial charge is 0.508 e. The fraction of sp³-hybridized carbons (Fsp3) is 0. The Morgan fingerprint density at radius 2 is 1.79 bits per heavy atom. The topological polar surface area (TPSA) is 69.6 Å². The summed E-state index contributed by atoms with van der Waals surface area (Å²) in [7, 11) is 0. The summed E-state index contributed by atoms with van der Waals surface area (Å²) in [4.78, 5) is 11.6.